The van der Waals surface area contributed by atoms with Crippen LogP contribution in [0.3, 0.4) is 0 Å². The summed E-state index contributed by atoms with van der Waals surface area (Å²) < 4.78 is 64.0. The van der Waals surface area contributed by atoms with Gasteiger partial charge in [0.25, 0.3) is 5.69 Å². The molecule has 1 aliphatic heterocycles. The summed E-state index contributed by atoms with van der Waals surface area (Å²) in [6, 6.07) is 3.82. The Bertz CT molecular complexity index is 779. The highest BCUT2D eigenvalue weighted by Crippen LogP contribution is 2.39. The number of halogens is 3. The number of benzene rings is 1. The number of carboxylic acids is 1. The highest BCUT2D eigenvalue weighted by molar-refractivity contribution is 7.89. The number of hydrogen-bond acceptors (Lipinski definition) is 5. The molecule has 0 saturated carbocycles. The molecule has 0 amide bonds. The van der Waals surface area contributed by atoms with Crippen molar-refractivity contribution in [2.75, 3.05) is 13.1 Å². The fourth-order valence-corrected chi connectivity index (χ4v) is 3.98. The molecule has 132 valence electrons. The van der Waals surface area contributed by atoms with Crippen LogP contribution in [0.1, 0.15) is 0 Å². The molecule has 1 aromatic carbocycles. The van der Waals surface area contributed by atoms with Crippen molar-refractivity contribution in [3.05, 3.63) is 34.4 Å². The first-order valence-corrected chi connectivity index (χ1v) is 7.92. The summed E-state index contributed by atoms with van der Waals surface area (Å²) in [4.78, 5) is 20.3. The predicted octanol–water partition coefficient (Wildman–Crippen LogP) is 1.48. The third-order valence-corrected chi connectivity index (χ3v) is 5.52. The molecule has 0 unspecified atom stereocenters. The van der Waals surface area contributed by atoms with Gasteiger partial charge in [-0.3, -0.25) is 14.9 Å². The summed E-state index contributed by atoms with van der Waals surface area (Å²) in [7, 11) is -4.49. The Hall–Kier alpha value is -2.21. The zero-order valence-electron chi connectivity index (χ0n) is 11.8. The zero-order valence-corrected chi connectivity index (χ0v) is 12.6. The van der Waals surface area contributed by atoms with Crippen LogP contribution >= 0.6 is 0 Å². The maximum atomic E-state index is 12.9. The lowest BCUT2D eigenvalue weighted by atomic mass is 9.96. The zero-order chi connectivity index (χ0) is 18.3. The van der Waals surface area contributed by atoms with Crippen molar-refractivity contribution in [3.8, 4) is 0 Å². The number of rotatable bonds is 4. The summed E-state index contributed by atoms with van der Waals surface area (Å²) in [5.41, 5.74) is -0.544. The average molecular weight is 368 g/mol. The molecule has 24 heavy (non-hydrogen) atoms. The first-order valence-electron chi connectivity index (χ1n) is 6.48. The van der Waals surface area contributed by atoms with Gasteiger partial charge in [-0.05, 0) is 6.07 Å². The summed E-state index contributed by atoms with van der Waals surface area (Å²) in [6.07, 6.45) is -4.88. The first-order chi connectivity index (χ1) is 10.9. The Morgan fingerprint density at radius 2 is 1.96 bits per heavy atom. The molecule has 0 radical (unpaired) electrons. The second-order valence-electron chi connectivity index (χ2n) is 5.17. The molecular weight excluding hydrogens is 357 g/mol. The van der Waals surface area contributed by atoms with Gasteiger partial charge in [-0.15, -0.1) is 0 Å². The molecule has 2 atom stereocenters. The largest absolute Gasteiger partial charge is 0.481 e. The minimum Gasteiger partial charge on any atom is -0.481 e. The minimum absolute atomic E-state index is 0.392. The van der Waals surface area contributed by atoms with E-state index in [4.69, 9.17) is 5.11 Å². The van der Waals surface area contributed by atoms with Crippen LogP contribution in [0.15, 0.2) is 29.2 Å². The first kappa shape index (κ1) is 18.1. The van der Waals surface area contributed by atoms with E-state index >= 15 is 0 Å². The number of sulfonamides is 1. The SMILES string of the molecule is O=C(O)[C@@H]1CN(S(=O)(=O)c2cccc([N+](=O)[O-])c2)C[C@H]1C(F)(F)F. The van der Waals surface area contributed by atoms with Gasteiger partial charge in [0.05, 0.1) is 21.7 Å². The van der Waals surface area contributed by atoms with Gasteiger partial charge in [0.15, 0.2) is 0 Å². The summed E-state index contributed by atoms with van der Waals surface area (Å²) in [6.45, 7) is -1.91. The third kappa shape index (κ3) is 3.33. The molecule has 12 heteroatoms. The summed E-state index contributed by atoms with van der Waals surface area (Å²) in [5, 5.41) is 19.6. The molecule has 2 rings (SSSR count). The fraction of sp³-hybridized carbons (Fsp3) is 0.417. The molecular formula is C12H11F3N2O6S. The van der Waals surface area contributed by atoms with Crippen molar-refractivity contribution in [2.45, 2.75) is 11.1 Å². The van der Waals surface area contributed by atoms with Crippen molar-refractivity contribution in [2.24, 2.45) is 11.8 Å². The molecule has 0 spiro atoms. The van der Waals surface area contributed by atoms with E-state index in [1.54, 1.807) is 0 Å². The van der Waals surface area contributed by atoms with Gasteiger partial charge in [-0.1, -0.05) is 6.07 Å². The standard InChI is InChI=1S/C12H11F3N2O6S/c13-12(14,15)10-6-16(5-9(10)11(18)19)24(22,23)8-3-1-2-7(4-8)17(20)21/h1-4,9-10H,5-6H2,(H,18,19)/t9-,10-/m1/s1. The van der Waals surface area contributed by atoms with E-state index in [9.17, 15) is 36.5 Å². The van der Waals surface area contributed by atoms with E-state index in [-0.39, 0.29) is 0 Å². The molecule has 1 N–H and O–H groups in total. The topological polar surface area (TPSA) is 118 Å². The minimum atomic E-state index is -4.88. The normalized spacial score (nSPS) is 22.5. The molecule has 1 heterocycles. The van der Waals surface area contributed by atoms with Gasteiger partial charge in [-0.25, -0.2) is 8.42 Å². The maximum Gasteiger partial charge on any atom is 0.393 e. The quantitative estimate of drug-likeness (QED) is 0.635. The summed E-state index contributed by atoms with van der Waals surface area (Å²) in [5.74, 6) is -6.03. The smallest absolute Gasteiger partial charge is 0.393 e. The van der Waals surface area contributed by atoms with Gasteiger partial charge in [0.1, 0.15) is 0 Å². The number of carboxylic acid groups (broad SMARTS) is 1. The number of nitrogens with zero attached hydrogens (tertiary/aromatic N) is 2. The fourth-order valence-electron chi connectivity index (χ4n) is 2.45. The number of nitro benzene ring substituents is 1. The Kier molecular flexibility index (Phi) is 4.55. The van der Waals surface area contributed by atoms with E-state index in [1.165, 1.54) is 0 Å². The van der Waals surface area contributed by atoms with Crippen molar-refractivity contribution >= 4 is 21.7 Å². The van der Waals surface area contributed by atoms with Crippen molar-refractivity contribution in [1.29, 1.82) is 0 Å². The molecule has 1 fully saturated rings. The second kappa shape index (κ2) is 6.02. The molecule has 1 aromatic rings. The molecule has 1 saturated heterocycles. The van der Waals surface area contributed by atoms with Crippen LogP contribution in [0.5, 0.6) is 0 Å². The number of hydrogen-bond donors (Lipinski definition) is 1. The Labute approximate surface area is 133 Å². The van der Waals surface area contributed by atoms with Crippen LogP contribution in [0.2, 0.25) is 0 Å². The number of non-ortho nitro benzene ring substituents is 1. The molecule has 0 aromatic heterocycles. The molecule has 1 aliphatic rings. The number of carbonyl (C=O) groups is 1. The molecule has 8 nitrogen and oxygen atoms in total. The van der Waals surface area contributed by atoms with Crippen molar-refractivity contribution < 1.29 is 36.4 Å². The Morgan fingerprint density at radius 3 is 2.42 bits per heavy atom. The lowest BCUT2D eigenvalue weighted by molar-refractivity contribution is -0.385. The number of aliphatic carboxylic acids is 1. The average Bonchev–Trinajstić information content (AvgIpc) is 2.93. The Morgan fingerprint density at radius 1 is 1.33 bits per heavy atom. The van der Waals surface area contributed by atoms with E-state index < -0.39 is 62.6 Å². The van der Waals surface area contributed by atoms with Gasteiger partial charge in [0.2, 0.25) is 10.0 Å². The van der Waals surface area contributed by atoms with Crippen LogP contribution in [0.4, 0.5) is 18.9 Å². The number of nitro groups is 1. The van der Waals surface area contributed by atoms with E-state index in [2.05, 4.69) is 0 Å². The summed E-state index contributed by atoms with van der Waals surface area (Å²) >= 11 is 0. The number of alkyl halides is 3. The lowest BCUT2D eigenvalue weighted by Crippen LogP contribution is -2.34. The van der Waals surface area contributed by atoms with E-state index in [0.29, 0.717) is 10.4 Å². The lowest BCUT2D eigenvalue weighted by Gasteiger charge is -2.18. The van der Waals surface area contributed by atoms with E-state index in [1.807, 2.05) is 0 Å². The van der Waals surface area contributed by atoms with Crippen LogP contribution < -0.4 is 0 Å². The van der Waals surface area contributed by atoms with Crippen LogP contribution in [0.25, 0.3) is 0 Å². The van der Waals surface area contributed by atoms with Crippen LogP contribution in [0, 0.1) is 22.0 Å². The second-order valence-corrected chi connectivity index (χ2v) is 7.11. The van der Waals surface area contributed by atoms with Crippen molar-refractivity contribution in [1.82, 2.24) is 4.31 Å². The highest BCUT2D eigenvalue weighted by Gasteiger charge is 2.55. The third-order valence-electron chi connectivity index (χ3n) is 3.69. The van der Waals surface area contributed by atoms with Crippen LogP contribution in [-0.4, -0.2) is 48.0 Å². The van der Waals surface area contributed by atoms with Crippen LogP contribution in [-0.2, 0) is 14.8 Å². The molecule has 0 aliphatic carbocycles. The highest BCUT2D eigenvalue weighted by atomic mass is 32.2. The van der Waals surface area contributed by atoms with Gasteiger partial charge in [-0.2, -0.15) is 17.5 Å². The predicted molar refractivity (Wildman–Crippen MR) is 72.5 cm³/mol. The van der Waals surface area contributed by atoms with Gasteiger partial charge in [0, 0.05) is 25.2 Å². The maximum absolute atomic E-state index is 12.9. The molecule has 0 bridgehead atoms. The van der Waals surface area contributed by atoms with Crippen molar-refractivity contribution in [3.63, 3.8) is 0 Å². The van der Waals surface area contributed by atoms with Gasteiger partial charge < -0.3 is 5.11 Å². The Balaban J connectivity index is 2.39. The van der Waals surface area contributed by atoms with Gasteiger partial charge >= 0.3 is 12.1 Å². The monoisotopic (exact) mass is 368 g/mol. The van der Waals surface area contributed by atoms with E-state index in [0.717, 1.165) is 18.2 Å².